The first-order chi connectivity index (χ1) is 8.61. The van der Waals surface area contributed by atoms with Crippen molar-refractivity contribution in [1.82, 2.24) is 4.90 Å². The molecule has 1 heterocycles. The van der Waals surface area contributed by atoms with Crippen molar-refractivity contribution in [3.8, 4) is 6.07 Å². The van der Waals surface area contributed by atoms with Crippen molar-refractivity contribution < 1.29 is 4.39 Å². The molecule has 96 valence electrons. The molecule has 18 heavy (non-hydrogen) atoms. The first kappa shape index (κ1) is 13.0. The number of nitriles is 1. The quantitative estimate of drug-likeness (QED) is 0.799. The number of nitrogens with zero attached hydrogens (tertiary/aromatic N) is 2. The molecule has 0 aliphatic carbocycles. The summed E-state index contributed by atoms with van der Waals surface area (Å²) in [7, 11) is 0. The van der Waals surface area contributed by atoms with Gasteiger partial charge in [0.2, 0.25) is 0 Å². The highest BCUT2D eigenvalue weighted by atomic mass is 19.1. The molecule has 1 aromatic rings. The Morgan fingerprint density at radius 1 is 1.33 bits per heavy atom. The number of hydrogen-bond acceptors (Lipinski definition) is 2. The molecule has 2 nitrogen and oxygen atoms in total. The summed E-state index contributed by atoms with van der Waals surface area (Å²) in [6.07, 6.45) is 3.62. The highest BCUT2D eigenvalue weighted by Gasteiger charge is 2.25. The maximum absolute atomic E-state index is 13.3. The van der Waals surface area contributed by atoms with Gasteiger partial charge in [0, 0.05) is 18.6 Å². The Labute approximate surface area is 108 Å². The smallest absolute Gasteiger partial charge is 0.123 e. The Balaban J connectivity index is 2.22. The van der Waals surface area contributed by atoms with E-state index in [1.165, 1.54) is 31.4 Å². The van der Waals surface area contributed by atoms with Gasteiger partial charge < -0.3 is 0 Å². The van der Waals surface area contributed by atoms with E-state index in [-0.39, 0.29) is 5.82 Å². The number of piperidine rings is 1. The molecule has 1 saturated heterocycles. The van der Waals surface area contributed by atoms with Crippen LogP contribution in [-0.2, 0) is 6.54 Å². The molecular weight excluding hydrogens is 227 g/mol. The van der Waals surface area contributed by atoms with Gasteiger partial charge in [0.1, 0.15) is 5.82 Å². The van der Waals surface area contributed by atoms with Gasteiger partial charge in [0.15, 0.2) is 0 Å². The van der Waals surface area contributed by atoms with Crippen LogP contribution in [0, 0.1) is 17.1 Å². The molecule has 2 atom stereocenters. The van der Waals surface area contributed by atoms with Crippen molar-refractivity contribution in [1.29, 1.82) is 5.26 Å². The third kappa shape index (κ3) is 2.70. The molecule has 0 spiro atoms. The van der Waals surface area contributed by atoms with E-state index in [1.807, 2.05) is 0 Å². The normalized spacial score (nSPS) is 24.8. The average molecular weight is 246 g/mol. The summed E-state index contributed by atoms with van der Waals surface area (Å²) in [5, 5.41) is 9.08. The number of likely N-dealkylation sites (tertiary alicyclic amines) is 1. The summed E-state index contributed by atoms with van der Waals surface area (Å²) < 4.78 is 13.3. The second-order valence-electron chi connectivity index (χ2n) is 5.21. The number of hydrogen-bond donors (Lipinski definition) is 0. The Kier molecular flexibility index (Phi) is 3.98. The fourth-order valence-corrected chi connectivity index (χ4v) is 2.79. The number of halogens is 1. The molecule has 1 aliphatic heterocycles. The molecule has 1 aliphatic rings. The lowest BCUT2D eigenvalue weighted by Crippen LogP contribution is -2.43. The van der Waals surface area contributed by atoms with Crippen molar-refractivity contribution in [2.24, 2.45) is 0 Å². The van der Waals surface area contributed by atoms with Gasteiger partial charge in [0.25, 0.3) is 0 Å². The van der Waals surface area contributed by atoms with E-state index in [9.17, 15) is 4.39 Å². The van der Waals surface area contributed by atoms with Crippen molar-refractivity contribution in [3.05, 3.63) is 35.1 Å². The van der Waals surface area contributed by atoms with E-state index in [2.05, 4.69) is 24.8 Å². The van der Waals surface area contributed by atoms with Crippen molar-refractivity contribution in [2.75, 3.05) is 0 Å². The molecule has 0 saturated carbocycles. The predicted molar refractivity (Wildman–Crippen MR) is 69.4 cm³/mol. The molecular formula is C15H19FN2. The van der Waals surface area contributed by atoms with Crippen LogP contribution in [-0.4, -0.2) is 17.0 Å². The van der Waals surface area contributed by atoms with Gasteiger partial charge in [-0.1, -0.05) is 6.42 Å². The Hall–Kier alpha value is -1.40. The van der Waals surface area contributed by atoms with Gasteiger partial charge in [-0.2, -0.15) is 5.26 Å². The highest BCUT2D eigenvalue weighted by Crippen LogP contribution is 2.25. The Morgan fingerprint density at radius 3 is 2.61 bits per heavy atom. The summed E-state index contributed by atoms with van der Waals surface area (Å²) in [5.74, 6) is -0.263. The van der Waals surface area contributed by atoms with Crippen LogP contribution in [0.3, 0.4) is 0 Å². The van der Waals surface area contributed by atoms with Crippen LogP contribution in [0.5, 0.6) is 0 Å². The summed E-state index contributed by atoms with van der Waals surface area (Å²) >= 11 is 0. The highest BCUT2D eigenvalue weighted by molar-refractivity contribution is 5.37. The minimum Gasteiger partial charge on any atom is -0.294 e. The standard InChI is InChI=1S/C15H19FN2/c1-11-4-3-5-12(2)18(11)10-14-8-15(16)7-6-13(14)9-17/h6-8,11-12H,3-5,10H2,1-2H3/t11-,12+. The van der Waals surface area contributed by atoms with E-state index in [4.69, 9.17) is 5.26 Å². The van der Waals surface area contributed by atoms with E-state index in [0.29, 0.717) is 24.2 Å². The average Bonchev–Trinajstić information content (AvgIpc) is 2.34. The second kappa shape index (κ2) is 5.49. The maximum atomic E-state index is 13.3. The minimum atomic E-state index is -0.263. The zero-order valence-corrected chi connectivity index (χ0v) is 11.0. The largest absolute Gasteiger partial charge is 0.294 e. The number of benzene rings is 1. The molecule has 0 aromatic heterocycles. The predicted octanol–water partition coefficient (Wildman–Crippen LogP) is 3.46. The Morgan fingerprint density at radius 2 is 2.00 bits per heavy atom. The first-order valence-corrected chi connectivity index (χ1v) is 6.56. The van der Waals surface area contributed by atoms with Gasteiger partial charge in [0.05, 0.1) is 11.6 Å². The number of rotatable bonds is 2. The molecule has 0 N–H and O–H groups in total. The van der Waals surface area contributed by atoms with E-state index in [0.717, 1.165) is 5.56 Å². The maximum Gasteiger partial charge on any atom is 0.123 e. The molecule has 1 aromatic carbocycles. The van der Waals surface area contributed by atoms with E-state index in [1.54, 1.807) is 6.07 Å². The molecule has 1 fully saturated rings. The fraction of sp³-hybridized carbons (Fsp3) is 0.533. The third-order valence-electron chi connectivity index (χ3n) is 3.92. The Bertz CT molecular complexity index is 454. The fourth-order valence-electron chi connectivity index (χ4n) is 2.79. The van der Waals surface area contributed by atoms with Gasteiger partial charge >= 0.3 is 0 Å². The first-order valence-electron chi connectivity index (χ1n) is 6.56. The van der Waals surface area contributed by atoms with Gasteiger partial charge in [-0.25, -0.2) is 4.39 Å². The van der Waals surface area contributed by atoms with Crippen LogP contribution in [0.1, 0.15) is 44.2 Å². The van der Waals surface area contributed by atoms with Crippen LogP contribution in [0.2, 0.25) is 0 Å². The molecule has 0 unspecified atom stereocenters. The molecule has 0 bridgehead atoms. The molecule has 2 rings (SSSR count). The van der Waals surface area contributed by atoms with Gasteiger partial charge in [-0.15, -0.1) is 0 Å². The van der Waals surface area contributed by atoms with Crippen molar-refractivity contribution >= 4 is 0 Å². The summed E-state index contributed by atoms with van der Waals surface area (Å²) in [5.41, 5.74) is 1.39. The van der Waals surface area contributed by atoms with Crippen LogP contribution in [0.25, 0.3) is 0 Å². The van der Waals surface area contributed by atoms with Crippen molar-refractivity contribution in [2.45, 2.75) is 51.7 Å². The third-order valence-corrected chi connectivity index (χ3v) is 3.92. The van der Waals surface area contributed by atoms with E-state index < -0.39 is 0 Å². The lowest BCUT2D eigenvalue weighted by Gasteiger charge is -2.39. The van der Waals surface area contributed by atoms with Crippen LogP contribution in [0.4, 0.5) is 4.39 Å². The van der Waals surface area contributed by atoms with Gasteiger partial charge in [-0.05, 0) is 50.5 Å². The monoisotopic (exact) mass is 246 g/mol. The van der Waals surface area contributed by atoms with Crippen LogP contribution < -0.4 is 0 Å². The summed E-state index contributed by atoms with van der Waals surface area (Å²) in [6, 6.07) is 7.57. The van der Waals surface area contributed by atoms with Crippen LogP contribution >= 0.6 is 0 Å². The molecule has 3 heteroatoms. The van der Waals surface area contributed by atoms with Crippen LogP contribution in [0.15, 0.2) is 18.2 Å². The van der Waals surface area contributed by atoms with Gasteiger partial charge in [-0.3, -0.25) is 4.90 Å². The van der Waals surface area contributed by atoms with E-state index >= 15 is 0 Å². The topological polar surface area (TPSA) is 27.0 Å². The summed E-state index contributed by atoms with van der Waals surface area (Å²) in [4.78, 5) is 2.37. The zero-order chi connectivity index (χ0) is 13.1. The zero-order valence-electron chi connectivity index (χ0n) is 11.0. The lowest BCUT2D eigenvalue weighted by molar-refractivity contribution is 0.0951. The van der Waals surface area contributed by atoms with Crippen molar-refractivity contribution in [3.63, 3.8) is 0 Å². The molecule has 0 amide bonds. The lowest BCUT2D eigenvalue weighted by atomic mass is 9.96. The second-order valence-corrected chi connectivity index (χ2v) is 5.21. The molecule has 0 radical (unpaired) electrons. The SMILES string of the molecule is C[C@@H]1CCC[C@H](C)N1Cc1cc(F)ccc1C#N. The minimum absolute atomic E-state index is 0.263. The summed E-state index contributed by atoms with van der Waals surface area (Å²) in [6.45, 7) is 5.09.